The number of nitrogens with two attached hydrogens (primary N) is 1. The van der Waals surface area contributed by atoms with Crippen LogP contribution in [0.1, 0.15) is 17.3 Å². The molecule has 0 bridgehead atoms. The Labute approximate surface area is 136 Å². The maximum Gasteiger partial charge on any atom is 0.329 e. The summed E-state index contributed by atoms with van der Waals surface area (Å²) in [6, 6.07) is 4.54. The average Bonchev–Trinajstić information content (AvgIpc) is 2.49. The highest BCUT2D eigenvalue weighted by atomic mass is 79.9. The average molecular weight is 373 g/mol. The minimum absolute atomic E-state index is 0.201. The van der Waals surface area contributed by atoms with Gasteiger partial charge in [-0.25, -0.2) is 4.79 Å². The zero-order valence-corrected chi connectivity index (χ0v) is 14.1. The van der Waals surface area contributed by atoms with Crippen LogP contribution in [-0.4, -0.2) is 47.5 Å². The summed E-state index contributed by atoms with van der Waals surface area (Å²) in [6.07, 6.45) is 0. The fraction of sp³-hybridized carbons (Fsp3) is 0.429. The zero-order valence-electron chi connectivity index (χ0n) is 11.7. The van der Waals surface area contributed by atoms with Gasteiger partial charge in [-0.05, 0) is 41.1 Å². The fourth-order valence-electron chi connectivity index (χ4n) is 2.14. The molecule has 2 rings (SSSR count). The number of carbonyl (C=O) groups excluding carboxylic acids is 2. The van der Waals surface area contributed by atoms with Crippen LogP contribution in [0, 0.1) is 0 Å². The van der Waals surface area contributed by atoms with Crippen LogP contribution in [0.3, 0.4) is 0 Å². The molecule has 0 aromatic heterocycles. The number of rotatable bonds is 3. The molecule has 0 aliphatic carbocycles. The molecule has 0 saturated carbocycles. The molecule has 1 aromatic rings. The Balaban J connectivity index is 2.26. The summed E-state index contributed by atoms with van der Waals surface area (Å²) >= 11 is 5.01. The topological polar surface area (TPSA) is 72.6 Å². The molecule has 1 fully saturated rings. The normalized spacial score (nSPS) is 18.4. The van der Waals surface area contributed by atoms with Crippen LogP contribution in [0.2, 0.25) is 0 Å². The van der Waals surface area contributed by atoms with Gasteiger partial charge in [-0.15, -0.1) is 0 Å². The second-order valence-electron chi connectivity index (χ2n) is 4.58. The van der Waals surface area contributed by atoms with Gasteiger partial charge in [0.05, 0.1) is 12.2 Å². The molecular formula is C14H17BrN2O3S. The third-order valence-corrected chi connectivity index (χ3v) is 4.88. The molecule has 1 heterocycles. The smallest absolute Gasteiger partial charge is 0.329 e. The number of halogens is 1. The molecule has 1 unspecified atom stereocenters. The Hall–Kier alpha value is -1.21. The van der Waals surface area contributed by atoms with E-state index in [0.29, 0.717) is 34.6 Å². The van der Waals surface area contributed by atoms with Crippen LogP contribution in [-0.2, 0) is 9.53 Å². The van der Waals surface area contributed by atoms with E-state index in [-0.39, 0.29) is 11.9 Å². The molecule has 0 radical (unpaired) electrons. The number of benzene rings is 1. The van der Waals surface area contributed by atoms with Crippen LogP contribution in [0.25, 0.3) is 0 Å². The van der Waals surface area contributed by atoms with Crippen LogP contribution in [0.15, 0.2) is 22.7 Å². The van der Waals surface area contributed by atoms with Crippen LogP contribution in [0.4, 0.5) is 5.69 Å². The number of nitrogen functional groups attached to an aromatic ring is 1. The minimum atomic E-state index is -0.537. The zero-order chi connectivity index (χ0) is 15.4. The maximum absolute atomic E-state index is 12.7. The summed E-state index contributed by atoms with van der Waals surface area (Å²) < 4.78 is 5.74. The molecule has 1 aliphatic rings. The number of amides is 1. The van der Waals surface area contributed by atoms with E-state index in [0.717, 1.165) is 5.75 Å². The molecular weight excluding hydrogens is 356 g/mol. The largest absolute Gasteiger partial charge is 0.464 e. The summed E-state index contributed by atoms with van der Waals surface area (Å²) in [5.41, 5.74) is 6.73. The van der Waals surface area contributed by atoms with Gasteiger partial charge in [-0.2, -0.15) is 11.8 Å². The third-order valence-electron chi connectivity index (χ3n) is 3.17. The third kappa shape index (κ3) is 3.71. The van der Waals surface area contributed by atoms with Gasteiger partial charge in [0.1, 0.15) is 6.04 Å². The summed E-state index contributed by atoms with van der Waals surface area (Å²) in [5, 5.41) is 0. The number of hydrogen-bond acceptors (Lipinski definition) is 5. The van der Waals surface area contributed by atoms with E-state index in [2.05, 4.69) is 15.9 Å². The first-order valence-electron chi connectivity index (χ1n) is 6.65. The number of nitrogens with zero attached hydrogens (tertiary/aromatic N) is 1. The Morgan fingerprint density at radius 3 is 3.00 bits per heavy atom. The summed E-state index contributed by atoms with van der Waals surface area (Å²) in [4.78, 5) is 26.3. The van der Waals surface area contributed by atoms with Crippen LogP contribution < -0.4 is 5.73 Å². The van der Waals surface area contributed by atoms with Crippen molar-refractivity contribution in [3.63, 3.8) is 0 Å². The van der Waals surface area contributed by atoms with Crippen molar-refractivity contribution >= 4 is 45.3 Å². The first-order chi connectivity index (χ1) is 10.0. The number of ether oxygens (including phenoxy) is 1. The van der Waals surface area contributed by atoms with E-state index in [1.54, 1.807) is 41.8 Å². The number of carbonyl (C=O) groups is 2. The molecule has 0 spiro atoms. The van der Waals surface area contributed by atoms with Crippen LogP contribution in [0.5, 0.6) is 0 Å². The van der Waals surface area contributed by atoms with Gasteiger partial charge in [0.25, 0.3) is 5.91 Å². The first kappa shape index (κ1) is 16.2. The quantitative estimate of drug-likeness (QED) is 0.649. The van der Waals surface area contributed by atoms with E-state index in [9.17, 15) is 9.59 Å². The van der Waals surface area contributed by atoms with Crippen molar-refractivity contribution in [2.75, 3.05) is 30.4 Å². The lowest BCUT2D eigenvalue weighted by molar-refractivity contribution is -0.147. The molecule has 1 aliphatic heterocycles. The SMILES string of the molecule is CCOC(=O)C1CSCCN1C(=O)c1cc(N)ccc1Br. The van der Waals surface area contributed by atoms with Crippen LogP contribution >= 0.6 is 27.7 Å². The summed E-state index contributed by atoms with van der Waals surface area (Å²) in [5.74, 6) is 0.817. The molecule has 114 valence electrons. The molecule has 2 N–H and O–H groups in total. The van der Waals surface area contributed by atoms with Gasteiger partial charge < -0.3 is 15.4 Å². The maximum atomic E-state index is 12.7. The van der Waals surface area contributed by atoms with Gasteiger partial charge in [0.15, 0.2) is 0 Å². The van der Waals surface area contributed by atoms with Gasteiger partial charge in [0.2, 0.25) is 0 Å². The van der Waals surface area contributed by atoms with Gasteiger partial charge in [-0.1, -0.05) is 0 Å². The van der Waals surface area contributed by atoms with Gasteiger partial charge in [-0.3, -0.25) is 4.79 Å². The van der Waals surface area contributed by atoms with E-state index >= 15 is 0 Å². The lowest BCUT2D eigenvalue weighted by Crippen LogP contribution is -2.51. The van der Waals surface area contributed by atoms with Crippen molar-refractivity contribution in [1.29, 1.82) is 0 Å². The van der Waals surface area contributed by atoms with Crippen molar-refractivity contribution in [3.05, 3.63) is 28.2 Å². The van der Waals surface area contributed by atoms with Crippen molar-refractivity contribution in [1.82, 2.24) is 4.90 Å². The van der Waals surface area contributed by atoms with E-state index < -0.39 is 6.04 Å². The molecule has 1 saturated heterocycles. The molecule has 5 nitrogen and oxygen atoms in total. The lowest BCUT2D eigenvalue weighted by Gasteiger charge is -2.34. The predicted octanol–water partition coefficient (Wildman–Crippen LogP) is 2.15. The summed E-state index contributed by atoms with van der Waals surface area (Å²) in [7, 11) is 0. The fourth-order valence-corrected chi connectivity index (χ4v) is 3.59. The second-order valence-corrected chi connectivity index (χ2v) is 6.58. The standard InChI is InChI=1S/C14H17BrN2O3S/c1-2-20-14(19)12-8-21-6-5-17(12)13(18)10-7-9(16)3-4-11(10)15/h3-4,7,12H,2,5-6,8,16H2,1H3. The molecule has 1 amide bonds. The van der Waals surface area contributed by atoms with E-state index in [1.165, 1.54) is 0 Å². The van der Waals surface area contributed by atoms with Gasteiger partial charge >= 0.3 is 5.97 Å². The number of anilines is 1. The molecule has 7 heteroatoms. The lowest BCUT2D eigenvalue weighted by atomic mass is 10.1. The highest BCUT2D eigenvalue weighted by Gasteiger charge is 2.34. The highest BCUT2D eigenvalue weighted by molar-refractivity contribution is 9.10. The first-order valence-corrected chi connectivity index (χ1v) is 8.59. The number of hydrogen-bond donors (Lipinski definition) is 1. The highest BCUT2D eigenvalue weighted by Crippen LogP contribution is 2.25. The van der Waals surface area contributed by atoms with Gasteiger partial charge in [0, 0.05) is 28.2 Å². The van der Waals surface area contributed by atoms with E-state index in [4.69, 9.17) is 10.5 Å². The second kappa shape index (κ2) is 7.17. The Kier molecular flexibility index (Phi) is 5.52. The Morgan fingerprint density at radius 1 is 1.52 bits per heavy atom. The minimum Gasteiger partial charge on any atom is -0.464 e. The number of thioether (sulfide) groups is 1. The monoisotopic (exact) mass is 372 g/mol. The van der Waals surface area contributed by atoms with Crippen molar-refractivity contribution < 1.29 is 14.3 Å². The molecule has 1 aromatic carbocycles. The van der Waals surface area contributed by atoms with Crippen molar-refractivity contribution in [2.45, 2.75) is 13.0 Å². The van der Waals surface area contributed by atoms with Crippen molar-refractivity contribution in [2.24, 2.45) is 0 Å². The van der Waals surface area contributed by atoms with E-state index in [1.807, 2.05) is 0 Å². The predicted molar refractivity (Wildman–Crippen MR) is 87.3 cm³/mol. The molecule has 21 heavy (non-hydrogen) atoms. The Morgan fingerprint density at radius 2 is 2.29 bits per heavy atom. The molecule has 1 atom stereocenters. The Bertz CT molecular complexity index is 553. The summed E-state index contributed by atoms with van der Waals surface area (Å²) in [6.45, 7) is 2.59. The van der Waals surface area contributed by atoms with Crippen molar-refractivity contribution in [3.8, 4) is 0 Å². The number of esters is 1.